The van der Waals surface area contributed by atoms with Crippen LogP contribution in [0.2, 0.25) is 0 Å². The minimum atomic E-state index is -4.39. The van der Waals surface area contributed by atoms with Crippen LogP contribution in [0.4, 0.5) is 13.2 Å². The maximum absolute atomic E-state index is 12.8. The van der Waals surface area contributed by atoms with Crippen LogP contribution in [-0.2, 0) is 22.6 Å². The normalized spacial score (nSPS) is 12.9. The molecule has 7 heteroatoms. The Kier molecular flexibility index (Phi) is 4.98. The smallest absolute Gasteiger partial charge is 0.301 e. The number of rotatable bonds is 5. The molecule has 108 valence electrons. The van der Waals surface area contributed by atoms with Gasteiger partial charge in [-0.3, -0.25) is 0 Å². The van der Waals surface area contributed by atoms with Gasteiger partial charge in [-0.05, 0) is 18.7 Å². The predicted octanol–water partition coefficient (Wildman–Crippen LogP) is 2.18. The van der Waals surface area contributed by atoms with E-state index >= 15 is 0 Å². The molecule has 0 amide bonds. The van der Waals surface area contributed by atoms with Gasteiger partial charge in [0.2, 0.25) is 0 Å². The van der Waals surface area contributed by atoms with Crippen LogP contribution in [0.15, 0.2) is 24.3 Å². The average molecular weight is 295 g/mol. The van der Waals surface area contributed by atoms with Crippen molar-refractivity contribution in [2.24, 2.45) is 0 Å². The van der Waals surface area contributed by atoms with Gasteiger partial charge in [-0.2, -0.15) is 13.2 Å². The predicted molar refractivity (Wildman–Crippen MR) is 67.5 cm³/mol. The molecule has 0 radical (unpaired) electrons. The molecule has 0 atom stereocenters. The van der Waals surface area contributed by atoms with Gasteiger partial charge in [0, 0.05) is 19.3 Å². The van der Waals surface area contributed by atoms with E-state index < -0.39 is 21.6 Å². The summed E-state index contributed by atoms with van der Waals surface area (Å²) in [4.78, 5) is 1.56. The molecule has 0 saturated carbocycles. The van der Waals surface area contributed by atoms with Gasteiger partial charge in [0.1, 0.15) is 9.84 Å². The second-order valence-electron chi connectivity index (χ2n) is 4.52. The maximum atomic E-state index is 12.8. The largest absolute Gasteiger partial charge is 0.416 e. The summed E-state index contributed by atoms with van der Waals surface area (Å²) in [5, 5.41) is 0. The summed E-state index contributed by atoms with van der Waals surface area (Å²) in [5.74, 6) is -0.0717. The fourth-order valence-electron chi connectivity index (χ4n) is 1.63. The molecule has 0 saturated heterocycles. The minimum absolute atomic E-state index is 0.0607. The Morgan fingerprint density at radius 1 is 1.21 bits per heavy atom. The van der Waals surface area contributed by atoms with Crippen LogP contribution in [0.3, 0.4) is 0 Å². The Balaban J connectivity index is 2.77. The van der Waals surface area contributed by atoms with Gasteiger partial charge < -0.3 is 4.90 Å². The molecule has 1 rings (SSSR count). The van der Waals surface area contributed by atoms with E-state index in [4.69, 9.17) is 0 Å². The number of hydrogen-bond acceptors (Lipinski definition) is 3. The molecule has 1 aromatic rings. The highest BCUT2D eigenvalue weighted by atomic mass is 32.2. The van der Waals surface area contributed by atoms with Crippen LogP contribution < -0.4 is 0 Å². The lowest BCUT2D eigenvalue weighted by molar-refractivity contribution is -0.138. The Hall–Kier alpha value is -1.08. The second-order valence-corrected chi connectivity index (χ2v) is 6.78. The lowest BCUT2D eigenvalue weighted by Gasteiger charge is -2.19. The third-order valence-corrected chi connectivity index (χ3v) is 3.53. The van der Waals surface area contributed by atoms with Crippen molar-refractivity contribution in [3.63, 3.8) is 0 Å². The summed E-state index contributed by atoms with van der Waals surface area (Å²) in [7, 11) is -1.52. The Bertz CT molecular complexity index is 526. The molecule has 3 nitrogen and oxygen atoms in total. The highest BCUT2D eigenvalue weighted by molar-refractivity contribution is 7.90. The van der Waals surface area contributed by atoms with E-state index in [0.29, 0.717) is 0 Å². The van der Waals surface area contributed by atoms with Crippen molar-refractivity contribution >= 4 is 9.84 Å². The fourth-order valence-corrected chi connectivity index (χ4v) is 2.27. The molecule has 0 aromatic heterocycles. The first-order valence-corrected chi connectivity index (χ1v) is 7.67. The Morgan fingerprint density at radius 2 is 1.79 bits per heavy atom. The van der Waals surface area contributed by atoms with Gasteiger partial charge >= 0.3 is 6.18 Å². The highest BCUT2D eigenvalue weighted by Gasteiger charge is 2.32. The van der Waals surface area contributed by atoms with Crippen LogP contribution in [0.1, 0.15) is 11.1 Å². The number of hydrogen-bond donors (Lipinski definition) is 0. The van der Waals surface area contributed by atoms with Crippen LogP contribution in [0, 0.1) is 0 Å². The van der Waals surface area contributed by atoms with E-state index in [1.807, 2.05) is 0 Å². The number of benzene rings is 1. The summed E-state index contributed by atoms with van der Waals surface area (Å²) in [5.41, 5.74) is -0.535. The lowest BCUT2D eigenvalue weighted by atomic mass is 10.1. The van der Waals surface area contributed by atoms with E-state index in [-0.39, 0.29) is 24.4 Å². The molecule has 0 unspecified atom stereocenters. The van der Waals surface area contributed by atoms with Crippen molar-refractivity contribution in [3.05, 3.63) is 35.4 Å². The minimum Gasteiger partial charge on any atom is -0.301 e. The monoisotopic (exact) mass is 295 g/mol. The van der Waals surface area contributed by atoms with Crippen LogP contribution in [-0.4, -0.2) is 38.9 Å². The number of sulfone groups is 1. The molecular weight excluding hydrogens is 279 g/mol. The fraction of sp³-hybridized carbons (Fsp3) is 0.500. The van der Waals surface area contributed by atoms with Crippen molar-refractivity contribution in [2.45, 2.75) is 12.7 Å². The first kappa shape index (κ1) is 16.0. The van der Waals surface area contributed by atoms with Gasteiger partial charge in [-0.25, -0.2) is 8.42 Å². The standard InChI is InChI=1S/C12H16F3NO2S/c1-16(7-8-19(2,17)18)9-10-5-3-4-6-11(10)12(13,14)15/h3-6H,7-9H2,1-2H3. The molecule has 0 N–H and O–H groups in total. The van der Waals surface area contributed by atoms with Gasteiger partial charge in [0.15, 0.2) is 0 Å². The SMILES string of the molecule is CN(CCS(C)(=O)=O)Cc1ccccc1C(F)(F)F. The number of nitrogens with zero attached hydrogens (tertiary/aromatic N) is 1. The van der Waals surface area contributed by atoms with Crippen LogP contribution in [0.5, 0.6) is 0 Å². The maximum Gasteiger partial charge on any atom is 0.416 e. The zero-order valence-corrected chi connectivity index (χ0v) is 11.6. The summed E-state index contributed by atoms with van der Waals surface area (Å²) in [6, 6.07) is 5.30. The highest BCUT2D eigenvalue weighted by Crippen LogP contribution is 2.32. The molecule has 0 spiro atoms. The zero-order chi connectivity index (χ0) is 14.7. The van der Waals surface area contributed by atoms with Crippen LogP contribution in [0.25, 0.3) is 0 Å². The molecular formula is C12H16F3NO2S. The first-order chi connectivity index (χ1) is 8.59. The Morgan fingerprint density at radius 3 is 2.32 bits per heavy atom. The van der Waals surface area contributed by atoms with E-state index in [0.717, 1.165) is 12.3 Å². The topological polar surface area (TPSA) is 37.4 Å². The average Bonchev–Trinajstić information content (AvgIpc) is 2.25. The van der Waals surface area contributed by atoms with E-state index in [1.165, 1.54) is 18.2 Å². The van der Waals surface area contributed by atoms with E-state index in [2.05, 4.69) is 0 Å². The van der Waals surface area contributed by atoms with Crippen molar-refractivity contribution in [2.75, 3.05) is 25.6 Å². The van der Waals surface area contributed by atoms with E-state index in [9.17, 15) is 21.6 Å². The molecule has 0 aliphatic carbocycles. The van der Waals surface area contributed by atoms with Gasteiger partial charge in [-0.15, -0.1) is 0 Å². The van der Waals surface area contributed by atoms with Gasteiger partial charge in [-0.1, -0.05) is 18.2 Å². The third-order valence-electron chi connectivity index (χ3n) is 2.61. The Labute approximate surface area is 111 Å². The third kappa shape index (κ3) is 5.61. The summed E-state index contributed by atoms with van der Waals surface area (Å²) in [6.45, 7) is 0.260. The van der Waals surface area contributed by atoms with Gasteiger partial charge in [0.25, 0.3) is 0 Å². The lowest BCUT2D eigenvalue weighted by Crippen LogP contribution is -2.26. The van der Waals surface area contributed by atoms with Gasteiger partial charge in [0.05, 0.1) is 11.3 Å². The van der Waals surface area contributed by atoms with E-state index in [1.54, 1.807) is 11.9 Å². The molecule has 19 heavy (non-hydrogen) atoms. The second kappa shape index (κ2) is 5.92. The van der Waals surface area contributed by atoms with Crippen molar-refractivity contribution in [3.8, 4) is 0 Å². The number of alkyl halides is 3. The van der Waals surface area contributed by atoms with Crippen LogP contribution >= 0.6 is 0 Å². The zero-order valence-electron chi connectivity index (χ0n) is 10.7. The van der Waals surface area contributed by atoms with Crippen molar-refractivity contribution < 1.29 is 21.6 Å². The summed E-state index contributed by atoms with van der Waals surface area (Å²) in [6.07, 6.45) is -3.29. The molecule has 0 aliphatic rings. The summed E-state index contributed by atoms with van der Waals surface area (Å²) >= 11 is 0. The quantitative estimate of drug-likeness (QED) is 0.835. The molecule has 0 aliphatic heterocycles. The molecule has 0 heterocycles. The molecule has 0 fully saturated rings. The first-order valence-electron chi connectivity index (χ1n) is 5.61. The summed E-state index contributed by atoms with van der Waals surface area (Å²) < 4.78 is 60.3. The molecule has 0 bridgehead atoms. The number of halogens is 3. The van der Waals surface area contributed by atoms with Crippen molar-refractivity contribution in [1.82, 2.24) is 4.90 Å². The molecule has 1 aromatic carbocycles. The van der Waals surface area contributed by atoms with Crippen molar-refractivity contribution in [1.29, 1.82) is 0 Å².